The maximum atomic E-state index is 11.3. The van der Waals surface area contributed by atoms with E-state index in [-0.39, 0.29) is 30.9 Å². The summed E-state index contributed by atoms with van der Waals surface area (Å²) in [5.74, 6) is -0.225. The molecule has 0 aromatic heterocycles. The highest BCUT2D eigenvalue weighted by atomic mass is 16.6. The second kappa shape index (κ2) is 4.47. The van der Waals surface area contributed by atoms with Crippen molar-refractivity contribution in [2.24, 2.45) is 0 Å². The molecule has 0 radical (unpaired) electrons. The summed E-state index contributed by atoms with van der Waals surface area (Å²) in [6, 6.07) is 0. The molecule has 2 saturated heterocycles. The average Bonchev–Trinajstić information content (AvgIpc) is 2.72. The standard InChI is InChI=1S/C10H16O5/c1-2-3-8(12)15-7-5-14-9-6(11)4-13-10(7)9/h6-7,9-11H,2-5H2,1H3/t6-,7+,9-,10-/m1/s1. The van der Waals surface area contributed by atoms with E-state index in [2.05, 4.69) is 0 Å². The summed E-state index contributed by atoms with van der Waals surface area (Å²) in [5, 5.41) is 9.46. The van der Waals surface area contributed by atoms with Crippen LogP contribution in [0.3, 0.4) is 0 Å². The second-order valence-electron chi connectivity index (χ2n) is 3.94. The molecule has 2 heterocycles. The van der Waals surface area contributed by atoms with Crippen LogP contribution in [0.4, 0.5) is 0 Å². The molecule has 86 valence electrons. The van der Waals surface area contributed by atoms with Crippen molar-refractivity contribution >= 4 is 5.97 Å². The van der Waals surface area contributed by atoms with Crippen LogP contribution in [0.25, 0.3) is 0 Å². The Kier molecular flexibility index (Phi) is 3.23. The lowest BCUT2D eigenvalue weighted by molar-refractivity contribution is -0.153. The van der Waals surface area contributed by atoms with Crippen LogP contribution >= 0.6 is 0 Å². The molecule has 4 atom stereocenters. The van der Waals surface area contributed by atoms with Crippen molar-refractivity contribution in [2.75, 3.05) is 13.2 Å². The quantitative estimate of drug-likeness (QED) is 0.665. The molecule has 5 heteroatoms. The van der Waals surface area contributed by atoms with Gasteiger partial charge in [0.25, 0.3) is 0 Å². The molecule has 5 nitrogen and oxygen atoms in total. The van der Waals surface area contributed by atoms with Crippen molar-refractivity contribution in [1.82, 2.24) is 0 Å². The number of carbonyl (C=O) groups is 1. The molecule has 0 spiro atoms. The third-order valence-electron chi connectivity index (χ3n) is 2.72. The Balaban J connectivity index is 1.87. The maximum absolute atomic E-state index is 11.3. The lowest BCUT2D eigenvalue weighted by Crippen LogP contribution is -2.34. The zero-order chi connectivity index (χ0) is 10.8. The van der Waals surface area contributed by atoms with Crippen molar-refractivity contribution in [1.29, 1.82) is 0 Å². The van der Waals surface area contributed by atoms with Gasteiger partial charge in [0.2, 0.25) is 0 Å². The summed E-state index contributed by atoms with van der Waals surface area (Å²) in [4.78, 5) is 11.3. The number of esters is 1. The monoisotopic (exact) mass is 216 g/mol. The van der Waals surface area contributed by atoms with Gasteiger partial charge >= 0.3 is 5.97 Å². The van der Waals surface area contributed by atoms with Gasteiger partial charge in [0.15, 0.2) is 6.10 Å². The Hall–Kier alpha value is -0.650. The lowest BCUT2D eigenvalue weighted by atomic mass is 10.1. The van der Waals surface area contributed by atoms with Crippen molar-refractivity contribution < 1.29 is 24.1 Å². The van der Waals surface area contributed by atoms with Gasteiger partial charge in [-0.15, -0.1) is 0 Å². The minimum absolute atomic E-state index is 0.225. The molecule has 2 aliphatic rings. The molecule has 0 aromatic carbocycles. The summed E-state index contributed by atoms with van der Waals surface area (Å²) in [6.45, 7) is 2.50. The van der Waals surface area contributed by atoms with Gasteiger partial charge in [-0.1, -0.05) is 6.92 Å². The molecule has 0 bridgehead atoms. The first kappa shape index (κ1) is 10.9. The molecular formula is C10H16O5. The largest absolute Gasteiger partial charge is 0.457 e. The number of hydrogen-bond acceptors (Lipinski definition) is 5. The number of hydrogen-bond donors (Lipinski definition) is 1. The summed E-state index contributed by atoms with van der Waals surface area (Å²) >= 11 is 0. The zero-order valence-electron chi connectivity index (χ0n) is 8.72. The first-order valence-electron chi connectivity index (χ1n) is 5.33. The van der Waals surface area contributed by atoms with Crippen LogP contribution in [-0.4, -0.2) is 48.7 Å². The van der Waals surface area contributed by atoms with Gasteiger partial charge in [-0.3, -0.25) is 4.79 Å². The van der Waals surface area contributed by atoms with Gasteiger partial charge in [-0.25, -0.2) is 0 Å². The van der Waals surface area contributed by atoms with Gasteiger partial charge in [0.1, 0.15) is 18.3 Å². The highest BCUT2D eigenvalue weighted by Gasteiger charge is 2.48. The van der Waals surface area contributed by atoms with Gasteiger partial charge in [-0.05, 0) is 6.42 Å². The molecule has 2 rings (SSSR count). The van der Waals surface area contributed by atoms with E-state index < -0.39 is 6.10 Å². The van der Waals surface area contributed by atoms with Crippen molar-refractivity contribution in [3.63, 3.8) is 0 Å². The van der Waals surface area contributed by atoms with E-state index in [1.54, 1.807) is 0 Å². The molecule has 0 aromatic rings. The minimum Gasteiger partial charge on any atom is -0.457 e. The highest BCUT2D eigenvalue weighted by molar-refractivity contribution is 5.69. The summed E-state index contributed by atoms with van der Waals surface area (Å²) in [6.07, 6.45) is -0.387. The maximum Gasteiger partial charge on any atom is 0.306 e. The number of fused-ring (bicyclic) bond motifs is 1. The summed E-state index contributed by atoms with van der Waals surface area (Å²) < 4.78 is 15.9. The van der Waals surface area contributed by atoms with Crippen LogP contribution in [0.5, 0.6) is 0 Å². The predicted molar refractivity (Wildman–Crippen MR) is 50.3 cm³/mol. The number of carbonyl (C=O) groups excluding carboxylic acids is 1. The van der Waals surface area contributed by atoms with Gasteiger partial charge in [0.05, 0.1) is 13.2 Å². The van der Waals surface area contributed by atoms with E-state index in [1.807, 2.05) is 6.92 Å². The average molecular weight is 216 g/mol. The first-order chi connectivity index (χ1) is 7.22. The number of aliphatic hydroxyl groups excluding tert-OH is 1. The van der Waals surface area contributed by atoms with Crippen LogP contribution in [0.1, 0.15) is 19.8 Å². The number of ether oxygens (including phenoxy) is 3. The van der Waals surface area contributed by atoms with Crippen LogP contribution < -0.4 is 0 Å². The normalized spacial score (nSPS) is 39.1. The topological polar surface area (TPSA) is 65.0 Å². The SMILES string of the molecule is CCCC(=O)O[C@H]1CO[C@H]2[C@@H]1OC[C@H]2O. The molecule has 0 amide bonds. The molecule has 2 aliphatic heterocycles. The minimum atomic E-state index is -0.593. The first-order valence-corrected chi connectivity index (χ1v) is 5.33. The van der Waals surface area contributed by atoms with Crippen molar-refractivity contribution in [3.05, 3.63) is 0 Å². The van der Waals surface area contributed by atoms with Gasteiger partial charge in [-0.2, -0.15) is 0 Å². The Morgan fingerprint density at radius 2 is 2.13 bits per heavy atom. The van der Waals surface area contributed by atoms with E-state index in [1.165, 1.54) is 0 Å². The lowest BCUT2D eigenvalue weighted by Gasteiger charge is -2.16. The molecule has 2 fully saturated rings. The Labute approximate surface area is 88.3 Å². The Morgan fingerprint density at radius 3 is 2.87 bits per heavy atom. The Morgan fingerprint density at radius 1 is 1.40 bits per heavy atom. The van der Waals surface area contributed by atoms with Gasteiger partial charge < -0.3 is 19.3 Å². The molecule has 0 unspecified atom stereocenters. The van der Waals surface area contributed by atoms with E-state index in [0.717, 1.165) is 6.42 Å². The van der Waals surface area contributed by atoms with Crippen LogP contribution in [0.2, 0.25) is 0 Å². The Bertz CT molecular complexity index is 242. The van der Waals surface area contributed by atoms with Crippen LogP contribution in [0, 0.1) is 0 Å². The molecule has 0 saturated carbocycles. The molecule has 15 heavy (non-hydrogen) atoms. The number of rotatable bonds is 3. The summed E-state index contributed by atoms with van der Waals surface area (Å²) in [5.41, 5.74) is 0. The van der Waals surface area contributed by atoms with E-state index in [4.69, 9.17) is 14.2 Å². The third kappa shape index (κ3) is 2.14. The summed E-state index contributed by atoms with van der Waals surface area (Å²) in [7, 11) is 0. The van der Waals surface area contributed by atoms with E-state index >= 15 is 0 Å². The second-order valence-corrected chi connectivity index (χ2v) is 3.94. The molecule has 0 aliphatic carbocycles. The fourth-order valence-corrected chi connectivity index (χ4v) is 1.98. The van der Waals surface area contributed by atoms with E-state index in [0.29, 0.717) is 13.0 Å². The zero-order valence-corrected chi connectivity index (χ0v) is 8.72. The fourth-order valence-electron chi connectivity index (χ4n) is 1.98. The van der Waals surface area contributed by atoms with E-state index in [9.17, 15) is 9.90 Å². The number of aliphatic hydroxyl groups is 1. The van der Waals surface area contributed by atoms with Gasteiger partial charge in [0, 0.05) is 6.42 Å². The smallest absolute Gasteiger partial charge is 0.306 e. The third-order valence-corrected chi connectivity index (χ3v) is 2.72. The fraction of sp³-hybridized carbons (Fsp3) is 0.900. The van der Waals surface area contributed by atoms with Crippen LogP contribution in [-0.2, 0) is 19.0 Å². The molecule has 1 N–H and O–H groups in total. The van der Waals surface area contributed by atoms with Crippen molar-refractivity contribution in [2.45, 2.75) is 44.2 Å². The van der Waals surface area contributed by atoms with Crippen LogP contribution in [0.15, 0.2) is 0 Å². The van der Waals surface area contributed by atoms with Crippen molar-refractivity contribution in [3.8, 4) is 0 Å². The highest BCUT2D eigenvalue weighted by Crippen LogP contribution is 2.28. The predicted octanol–water partition coefficient (Wildman–Crippen LogP) is -0.143. The molecular weight excluding hydrogens is 200 g/mol.